The van der Waals surface area contributed by atoms with Gasteiger partial charge in [0.25, 0.3) is 5.91 Å². The Hall–Kier alpha value is -4.08. The molecule has 142 valence electrons. The number of amides is 1. The maximum Gasteiger partial charge on any atom is 0.490 e. The van der Waals surface area contributed by atoms with Crippen molar-refractivity contribution in [3.05, 3.63) is 82.2 Å². The Kier molecular flexibility index (Phi) is 6.03. The van der Waals surface area contributed by atoms with Crippen LogP contribution in [-0.4, -0.2) is 31.8 Å². The zero-order valence-corrected chi connectivity index (χ0v) is 14.6. The molecule has 0 fully saturated rings. The van der Waals surface area contributed by atoms with Gasteiger partial charge in [-0.15, -0.1) is 0 Å². The third kappa shape index (κ3) is 5.21. The molecular formula is C18H16N6O4. The van der Waals surface area contributed by atoms with E-state index in [-0.39, 0.29) is 6.54 Å². The number of nitrogens with zero attached hydrogens (tertiary/aromatic N) is 5. The molecule has 1 N–H and O–H groups in total. The fourth-order valence-electron chi connectivity index (χ4n) is 2.25. The summed E-state index contributed by atoms with van der Waals surface area (Å²) in [6, 6.07) is 17.0. The quantitative estimate of drug-likeness (QED) is 0.362. The van der Waals surface area contributed by atoms with E-state index in [2.05, 4.69) is 20.6 Å². The normalized spacial score (nSPS) is 10.7. The van der Waals surface area contributed by atoms with Crippen molar-refractivity contribution < 1.29 is 14.5 Å². The molecule has 1 amide bonds. The Bertz CT molecular complexity index is 987. The Balaban J connectivity index is 1.56. The number of nitro groups is 1. The van der Waals surface area contributed by atoms with Crippen LogP contribution in [0.1, 0.15) is 11.1 Å². The smallest absolute Gasteiger partial charge is 0.488 e. The average Bonchev–Trinajstić information content (AvgIpc) is 3.17. The number of hydrogen-bond acceptors (Lipinski definition) is 7. The first-order chi connectivity index (χ1) is 13.6. The van der Waals surface area contributed by atoms with Crippen LogP contribution in [0.15, 0.2) is 66.0 Å². The minimum atomic E-state index is -0.737. The summed E-state index contributed by atoms with van der Waals surface area (Å²) < 4.78 is 6.87. The van der Waals surface area contributed by atoms with E-state index in [1.165, 1.54) is 6.21 Å². The van der Waals surface area contributed by atoms with Gasteiger partial charge >= 0.3 is 5.95 Å². The number of carbonyl (C=O) groups is 1. The minimum absolute atomic E-state index is 0.246. The molecule has 10 nitrogen and oxygen atoms in total. The molecule has 0 bridgehead atoms. The standard InChI is InChI=1S/C18H16N6O4/c25-17(11-23-13-19-18(22-23)24(26)27)21-20-10-15-8-4-5-9-16(15)28-12-14-6-2-1-3-7-14/h1-10,13H,11-12H2,(H,21,25)/b20-10+. The lowest BCUT2D eigenvalue weighted by atomic mass is 10.2. The molecule has 0 saturated carbocycles. The summed E-state index contributed by atoms with van der Waals surface area (Å²) in [6.45, 7) is 0.160. The Morgan fingerprint density at radius 3 is 2.71 bits per heavy atom. The second-order valence-corrected chi connectivity index (χ2v) is 5.60. The molecule has 0 aliphatic rings. The number of hydrogen-bond donors (Lipinski definition) is 1. The third-order valence-corrected chi connectivity index (χ3v) is 3.54. The largest absolute Gasteiger partial charge is 0.490 e. The summed E-state index contributed by atoms with van der Waals surface area (Å²) in [5, 5.41) is 18.0. The lowest BCUT2D eigenvalue weighted by Gasteiger charge is -2.08. The highest BCUT2D eigenvalue weighted by Gasteiger charge is 2.14. The average molecular weight is 380 g/mol. The van der Waals surface area contributed by atoms with Gasteiger partial charge in [-0.1, -0.05) is 47.4 Å². The van der Waals surface area contributed by atoms with Crippen LogP contribution in [0.25, 0.3) is 0 Å². The number of carbonyl (C=O) groups excluding carboxylic acids is 1. The lowest BCUT2D eigenvalue weighted by molar-refractivity contribution is -0.394. The maximum atomic E-state index is 11.9. The molecule has 1 aromatic heterocycles. The van der Waals surface area contributed by atoms with Crippen LogP contribution in [-0.2, 0) is 17.9 Å². The Morgan fingerprint density at radius 1 is 1.21 bits per heavy atom. The summed E-state index contributed by atoms with van der Waals surface area (Å²) in [5.41, 5.74) is 4.06. The van der Waals surface area contributed by atoms with Crippen molar-refractivity contribution in [2.75, 3.05) is 0 Å². The molecule has 0 saturated heterocycles. The van der Waals surface area contributed by atoms with Crippen LogP contribution in [0, 0.1) is 10.1 Å². The Morgan fingerprint density at radius 2 is 1.96 bits per heavy atom. The van der Waals surface area contributed by atoms with E-state index in [1.54, 1.807) is 12.1 Å². The number of hydrazone groups is 1. The zero-order chi connectivity index (χ0) is 19.8. The van der Waals surface area contributed by atoms with Gasteiger partial charge in [0.1, 0.15) is 18.9 Å². The number of benzene rings is 2. The molecule has 0 spiro atoms. The van der Waals surface area contributed by atoms with E-state index in [4.69, 9.17) is 4.74 Å². The zero-order valence-electron chi connectivity index (χ0n) is 14.6. The van der Waals surface area contributed by atoms with Crippen molar-refractivity contribution in [1.82, 2.24) is 20.2 Å². The van der Waals surface area contributed by atoms with Crippen LogP contribution < -0.4 is 10.2 Å². The summed E-state index contributed by atoms with van der Waals surface area (Å²) in [6.07, 6.45) is 2.57. The molecule has 1 heterocycles. The summed E-state index contributed by atoms with van der Waals surface area (Å²) in [7, 11) is 0. The van der Waals surface area contributed by atoms with Crippen molar-refractivity contribution in [2.45, 2.75) is 13.2 Å². The first-order valence-electron chi connectivity index (χ1n) is 8.23. The van der Waals surface area contributed by atoms with Crippen LogP contribution in [0.4, 0.5) is 5.95 Å². The van der Waals surface area contributed by atoms with Crippen LogP contribution in [0.3, 0.4) is 0 Å². The van der Waals surface area contributed by atoms with E-state index in [0.717, 1.165) is 16.6 Å². The second-order valence-electron chi connectivity index (χ2n) is 5.60. The topological polar surface area (TPSA) is 125 Å². The van der Waals surface area contributed by atoms with Crippen molar-refractivity contribution in [3.8, 4) is 5.75 Å². The molecule has 0 radical (unpaired) electrons. The van der Waals surface area contributed by atoms with Gasteiger partial charge in [0.05, 0.1) is 6.21 Å². The van der Waals surface area contributed by atoms with Gasteiger partial charge in [-0.3, -0.25) is 4.79 Å². The molecule has 0 atom stereocenters. The first kappa shape index (κ1) is 18.7. The molecule has 0 aliphatic carbocycles. The number of ether oxygens (including phenoxy) is 1. The minimum Gasteiger partial charge on any atom is -0.488 e. The van der Waals surface area contributed by atoms with Gasteiger partial charge < -0.3 is 14.9 Å². The van der Waals surface area contributed by atoms with E-state index in [9.17, 15) is 14.9 Å². The SMILES string of the molecule is O=C(Cn1cnc([N+](=O)[O-])n1)N/N=C/c1ccccc1OCc1ccccc1. The maximum absolute atomic E-state index is 11.9. The number of aromatic nitrogens is 3. The van der Waals surface area contributed by atoms with E-state index in [0.29, 0.717) is 17.9 Å². The molecular weight excluding hydrogens is 364 g/mol. The number of para-hydroxylation sites is 1. The number of nitrogens with one attached hydrogen (secondary N) is 1. The van der Waals surface area contributed by atoms with Crippen molar-refractivity contribution >= 4 is 18.1 Å². The van der Waals surface area contributed by atoms with Gasteiger partial charge in [-0.2, -0.15) is 9.78 Å². The van der Waals surface area contributed by atoms with Crippen LogP contribution >= 0.6 is 0 Å². The Labute approximate surface area is 159 Å². The van der Waals surface area contributed by atoms with Crippen molar-refractivity contribution in [3.63, 3.8) is 0 Å². The molecule has 28 heavy (non-hydrogen) atoms. The van der Waals surface area contributed by atoms with Crippen LogP contribution in [0.2, 0.25) is 0 Å². The third-order valence-electron chi connectivity index (χ3n) is 3.54. The summed E-state index contributed by atoms with van der Waals surface area (Å²) in [4.78, 5) is 25.1. The highest BCUT2D eigenvalue weighted by molar-refractivity contribution is 5.85. The monoisotopic (exact) mass is 380 g/mol. The van der Waals surface area contributed by atoms with Gasteiger partial charge in [0, 0.05) is 10.7 Å². The lowest BCUT2D eigenvalue weighted by Crippen LogP contribution is -2.23. The molecule has 3 rings (SSSR count). The second kappa shape index (κ2) is 9.03. The van der Waals surface area contributed by atoms with Gasteiger partial charge in [-0.25, -0.2) is 5.43 Å². The molecule has 2 aromatic carbocycles. The highest BCUT2D eigenvalue weighted by atomic mass is 16.6. The van der Waals surface area contributed by atoms with Gasteiger partial charge in [0.2, 0.25) is 6.33 Å². The predicted molar refractivity (Wildman–Crippen MR) is 99.6 cm³/mol. The fraction of sp³-hybridized carbons (Fsp3) is 0.111. The molecule has 3 aromatic rings. The van der Waals surface area contributed by atoms with Crippen molar-refractivity contribution in [1.29, 1.82) is 0 Å². The van der Waals surface area contributed by atoms with Gasteiger partial charge in [0.15, 0.2) is 0 Å². The number of rotatable bonds is 8. The summed E-state index contributed by atoms with van der Waals surface area (Å²) in [5.74, 6) is -0.448. The molecule has 10 heteroatoms. The summed E-state index contributed by atoms with van der Waals surface area (Å²) >= 11 is 0. The van der Waals surface area contributed by atoms with E-state index >= 15 is 0 Å². The highest BCUT2D eigenvalue weighted by Crippen LogP contribution is 2.17. The van der Waals surface area contributed by atoms with E-state index < -0.39 is 16.8 Å². The van der Waals surface area contributed by atoms with E-state index in [1.807, 2.05) is 42.5 Å². The van der Waals surface area contributed by atoms with Crippen LogP contribution in [0.5, 0.6) is 5.75 Å². The fourth-order valence-corrected chi connectivity index (χ4v) is 2.25. The van der Waals surface area contributed by atoms with Gasteiger partial charge in [-0.05, 0) is 22.6 Å². The predicted octanol–water partition coefficient (Wildman–Crippen LogP) is 1.92. The van der Waals surface area contributed by atoms with Crippen molar-refractivity contribution in [2.24, 2.45) is 5.10 Å². The first-order valence-corrected chi connectivity index (χ1v) is 8.23. The molecule has 0 unspecified atom stereocenters. The molecule has 0 aliphatic heterocycles.